The van der Waals surface area contributed by atoms with Crippen molar-refractivity contribution in [2.45, 2.75) is 39.7 Å². The minimum absolute atomic E-state index is 0.0529. The van der Waals surface area contributed by atoms with E-state index in [4.69, 9.17) is 4.74 Å². The molecule has 1 saturated heterocycles. The minimum Gasteiger partial charge on any atom is -0.480 e. The van der Waals surface area contributed by atoms with Gasteiger partial charge in [-0.25, -0.2) is 0 Å². The Morgan fingerprint density at radius 3 is 2.19 bits per heavy atom. The van der Waals surface area contributed by atoms with Gasteiger partial charge in [0, 0.05) is 24.3 Å². The first-order valence-corrected chi connectivity index (χ1v) is 9.39. The second-order valence-corrected chi connectivity index (χ2v) is 7.05. The van der Waals surface area contributed by atoms with Crippen LogP contribution in [0.5, 0.6) is 5.75 Å². The second kappa shape index (κ2) is 8.25. The zero-order chi connectivity index (χ0) is 19.4. The SMILES string of the molecule is Cc1cccc(C)c1O[C@H](C)C(=O)Nc1ccc(C(=O)N2CCCC2)cc1. The average Bonchev–Trinajstić information content (AvgIpc) is 3.19. The molecular weight excluding hydrogens is 340 g/mol. The molecule has 1 aliphatic heterocycles. The van der Waals surface area contributed by atoms with E-state index in [9.17, 15) is 9.59 Å². The molecule has 1 aliphatic rings. The molecule has 5 nitrogen and oxygen atoms in total. The van der Waals surface area contributed by atoms with E-state index in [-0.39, 0.29) is 11.8 Å². The molecule has 0 aliphatic carbocycles. The number of rotatable bonds is 5. The molecular formula is C22H26N2O3. The molecule has 1 atom stereocenters. The number of aryl methyl sites for hydroxylation is 2. The van der Waals surface area contributed by atoms with Crippen LogP contribution in [0.25, 0.3) is 0 Å². The lowest BCUT2D eigenvalue weighted by Gasteiger charge is -2.18. The van der Waals surface area contributed by atoms with Crippen LogP contribution in [0.4, 0.5) is 5.69 Å². The Balaban J connectivity index is 1.61. The zero-order valence-corrected chi connectivity index (χ0v) is 16.1. The first-order chi connectivity index (χ1) is 13.0. The summed E-state index contributed by atoms with van der Waals surface area (Å²) in [6, 6.07) is 12.9. The van der Waals surface area contributed by atoms with Crippen molar-refractivity contribution < 1.29 is 14.3 Å². The molecule has 3 rings (SSSR count). The minimum atomic E-state index is -0.629. The summed E-state index contributed by atoms with van der Waals surface area (Å²) in [5.41, 5.74) is 3.29. The molecule has 0 aromatic heterocycles. The lowest BCUT2D eigenvalue weighted by molar-refractivity contribution is -0.122. The summed E-state index contributed by atoms with van der Waals surface area (Å²) >= 11 is 0. The lowest BCUT2D eigenvalue weighted by Crippen LogP contribution is -2.30. The van der Waals surface area contributed by atoms with Gasteiger partial charge in [-0.2, -0.15) is 0 Å². The summed E-state index contributed by atoms with van der Waals surface area (Å²) in [5, 5.41) is 2.85. The molecule has 0 bridgehead atoms. The molecule has 2 aromatic carbocycles. The predicted octanol–water partition coefficient (Wildman–Crippen LogP) is 3.95. The van der Waals surface area contributed by atoms with E-state index >= 15 is 0 Å². The Morgan fingerprint density at radius 1 is 1.00 bits per heavy atom. The highest BCUT2D eigenvalue weighted by molar-refractivity contribution is 5.97. The zero-order valence-electron chi connectivity index (χ0n) is 16.1. The maximum Gasteiger partial charge on any atom is 0.265 e. The summed E-state index contributed by atoms with van der Waals surface area (Å²) in [4.78, 5) is 26.7. The molecule has 2 amide bonds. The molecule has 0 spiro atoms. The first kappa shape index (κ1) is 19.0. The highest BCUT2D eigenvalue weighted by atomic mass is 16.5. The van der Waals surface area contributed by atoms with Crippen LogP contribution in [0, 0.1) is 13.8 Å². The van der Waals surface area contributed by atoms with Crippen LogP contribution >= 0.6 is 0 Å². The number of nitrogens with zero attached hydrogens (tertiary/aromatic N) is 1. The third-order valence-electron chi connectivity index (χ3n) is 4.87. The van der Waals surface area contributed by atoms with E-state index in [1.807, 2.05) is 36.9 Å². The molecule has 5 heteroatoms. The fourth-order valence-corrected chi connectivity index (χ4v) is 3.26. The number of para-hydroxylation sites is 1. The fourth-order valence-electron chi connectivity index (χ4n) is 3.26. The number of benzene rings is 2. The number of nitrogens with one attached hydrogen (secondary N) is 1. The van der Waals surface area contributed by atoms with Gasteiger partial charge in [-0.1, -0.05) is 18.2 Å². The second-order valence-electron chi connectivity index (χ2n) is 7.05. The quantitative estimate of drug-likeness (QED) is 0.872. The van der Waals surface area contributed by atoms with Crippen LogP contribution in [0.2, 0.25) is 0 Å². The molecule has 1 heterocycles. The van der Waals surface area contributed by atoms with Crippen molar-refractivity contribution in [3.05, 3.63) is 59.2 Å². The maximum absolute atomic E-state index is 12.5. The molecule has 0 saturated carbocycles. The van der Waals surface area contributed by atoms with Crippen LogP contribution in [-0.2, 0) is 4.79 Å². The Bertz CT molecular complexity index is 804. The Labute approximate surface area is 160 Å². The third-order valence-corrected chi connectivity index (χ3v) is 4.87. The van der Waals surface area contributed by atoms with E-state index in [2.05, 4.69) is 5.32 Å². The van der Waals surface area contributed by atoms with Gasteiger partial charge in [0.1, 0.15) is 5.75 Å². The largest absolute Gasteiger partial charge is 0.480 e. The van der Waals surface area contributed by atoms with Crippen molar-refractivity contribution in [2.75, 3.05) is 18.4 Å². The summed E-state index contributed by atoms with van der Waals surface area (Å²) in [7, 11) is 0. The Hall–Kier alpha value is -2.82. The van der Waals surface area contributed by atoms with Gasteiger partial charge in [-0.15, -0.1) is 0 Å². The van der Waals surface area contributed by atoms with Gasteiger partial charge in [0.2, 0.25) is 0 Å². The molecule has 0 radical (unpaired) electrons. The number of hydrogen-bond donors (Lipinski definition) is 1. The lowest BCUT2D eigenvalue weighted by atomic mass is 10.1. The first-order valence-electron chi connectivity index (χ1n) is 9.39. The summed E-state index contributed by atoms with van der Waals surface area (Å²) in [6.45, 7) is 7.30. The monoisotopic (exact) mass is 366 g/mol. The number of carbonyl (C=O) groups excluding carboxylic acids is 2. The van der Waals surface area contributed by atoms with E-state index < -0.39 is 6.10 Å². The molecule has 0 unspecified atom stereocenters. The van der Waals surface area contributed by atoms with E-state index in [1.165, 1.54) is 0 Å². The van der Waals surface area contributed by atoms with Gasteiger partial charge in [-0.05, 0) is 69.0 Å². The number of ether oxygens (including phenoxy) is 1. The summed E-state index contributed by atoms with van der Waals surface area (Å²) in [5.74, 6) is 0.570. The van der Waals surface area contributed by atoms with Crippen LogP contribution < -0.4 is 10.1 Å². The van der Waals surface area contributed by atoms with Crippen molar-refractivity contribution in [1.29, 1.82) is 0 Å². The number of amides is 2. The van der Waals surface area contributed by atoms with Crippen LogP contribution in [0.15, 0.2) is 42.5 Å². The van der Waals surface area contributed by atoms with Crippen molar-refractivity contribution in [1.82, 2.24) is 4.90 Å². The predicted molar refractivity (Wildman–Crippen MR) is 106 cm³/mol. The van der Waals surface area contributed by atoms with Gasteiger partial charge in [-0.3, -0.25) is 9.59 Å². The molecule has 1 N–H and O–H groups in total. The van der Waals surface area contributed by atoms with E-state index in [1.54, 1.807) is 31.2 Å². The molecule has 1 fully saturated rings. The van der Waals surface area contributed by atoms with Gasteiger partial charge < -0.3 is 15.0 Å². The number of hydrogen-bond acceptors (Lipinski definition) is 3. The number of likely N-dealkylation sites (tertiary alicyclic amines) is 1. The van der Waals surface area contributed by atoms with Gasteiger partial charge >= 0.3 is 0 Å². The fraction of sp³-hybridized carbons (Fsp3) is 0.364. The van der Waals surface area contributed by atoms with E-state index in [0.29, 0.717) is 11.3 Å². The van der Waals surface area contributed by atoms with Crippen molar-refractivity contribution in [2.24, 2.45) is 0 Å². The van der Waals surface area contributed by atoms with Crippen molar-refractivity contribution >= 4 is 17.5 Å². The van der Waals surface area contributed by atoms with Gasteiger partial charge in [0.05, 0.1) is 0 Å². The average molecular weight is 366 g/mol. The van der Waals surface area contributed by atoms with Crippen molar-refractivity contribution in [3.8, 4) is 5.75 Å². The maximum atomic E-state index is 12.5. The van der Waals surface area contributed by atoms with Gasteiger partial charge in [0.15, 0.2) is 6.10 Å². The van der Waals surface area contributed by atoms with Crippen LogP contribution in [0.1, 0.15) is 41.3 Å². The Kier molecular flexibility index (Phi) is 5.79. The smallest absolute Gasteiger partial charge is 0.265 e. The summed E-state index contributed by atoms with van der Waals surface area (Å²) < 4.78 is 5.87. The van der Waals surface area contributed by atoms with Gasteiger partial charge in [0.25, 0.3) is 11.8 Å². The Morgan fingerprint density at radius 2 is 1.59 bits per heavy atom. The van der Waals surface area contributed by atoms with E-state index in [0.717, 1.165) is 42.8 Å². The van der Waals surface area contributed by atoms with Crippen molar-refractivity contribution in [3.63, 3.8) is 0 Å². The standard InChI is InChI=1S/C22H26N2O3/c1-15-7-6-8-16(2)20(15)27-17(3)21(25)23-19-11-9-18(10-12-19)22(26)24-13-4-5-14-24/h6-12,17H,4-5,13-14H2,1-3H3,(H,23,25)/t17-/m1/s1. The topological polar surface area (TPSA) is 58.6 Å². The normalized spacial score (nSPS) is 14.7. The molecule has 27 heavy (non-hydrogen) atoms. The highest BCUT2D eigenvalue weighted by Gasteiger charge is 2.20. The molecule has 2 aromatic rings. The molecule has 142 valence electrons. The van der Waals surface area contributed by atoms with Crippen LogP contribution in [-0.4, -0.2) is 35.9 Å². The third kappa shape index (κ3) is 4.48. The summed E-state index contributed by atoms with van der Waals surface area (Å²) in [6.07, 6.45) is 1.51. The van der Waals surface area contributed by atoms with Crippen LogP contribution in [0.3, 0.4) is 0 Å². The highest BCUT2D eigenvalue weighted by Crippen LogP contribution is 2.24. The number of carbonyl (C=O) groups is 2. The number of anilines is 1.